The monoisotopic (exact) mass is 532 g/mol. The van der Waals surface area contributed by atoms with Gasteiger partial charge in [-0.3, -0.25) is 9.88 Å². The van der Waals surface area contributed by atoms with Crippen molar-refractivity contribution in [1.82, 2.24) is 24.7 Å². The van der Waals surface area contributed by atoms with Crippen LogP contribution >= 0.6 is 12.2 Å². The van der Waals surface area contributed by atoms with Crippen LogP contribution in [0.25, 0.3) is 5.69 Å². The summed E-state index contributed by atoms with van der Waals surface area (Å²) in [7, 11) is 0. The first kappa shape index (κ1) is 26.7. The summed E-state index contributed by atoms with van der Waals surface area (Å²) < 4.78 is 7.93. The number of pyridine rings is 1. The first-order valence-corrected chi connectivity index (χ1v) is 14.2. The van der Waals surface area contributed by atoms with Crippen molar-refractivity contribution in [2.75, 3.05) is 57.4 Å². The molecule has 0 radical (unpaired) electrons. The molecule has 38 heavy (non-hydrogen) atoms. The van der Waals surface area contributed by atoms with Crippen molar-refractivity contribution in [3.8, 4) is 5.69 Å². The number of aryl methyl sites for hydroxylation is 1. The molecule has 2 atom stereocenters. The lowest BCUT2D eigenvalue weighted by molar-refractivity contribution is 0.0350. The highest BCUT2D eigenvalue weighted by molar-refractivity contribution is 7.80. The van der Waals surface area contributed by atoms with Gasteiger partial charge in [0.1, 0.15) is 0 Å². The van der Waals surface area contributed by atoms with Crippen molar-refractivity contribution in [1.29, 1.82) is 0 Å². The summed E-state index contributed by atoms with van der Waals surface area (Å²) in [5.41, 5.74) is 7.22. The highest BCUT2D eigenvalue weighted by Gasteiger charge is 2.41. The van der Waals surface area contributed by atoms with E-state index in [4.69, 9.17) is 21.9 Å². The number of morpholine rings is 1. The second-order valence-corrected chi connectivity index (χ2v) is 10.5. The third kappa shape index (κ3) is 5.30. The van der Waals surface area contributed by atoms with Crippen LogP contribution in [-0.4, -0.2) is 76.9 Å². The van der Waals surface area contributed by atoms with Crippen molar-refractivity contribution >= 4 is 23.0 Å². The van der Waals surface area contributed by atoms with E-state index >= 15 is 0 Å². The molecule has 0 saturated carbocycles. The fourth-order valence-electron chi connectivity index (χ4n) is 5.94. The molecule has 7 nitrogen and oxygen atoms in total. The Morgan fingerprint density at radius 3 is 2.42 bits per heavy atom. The van der Waals surface area contributed by atoms with Crippen LogP contribution in [0.5, 0.6) is 0 Å². The molecule has 2 aromatic heterocycles. The third-order valence-electron chi connectivity index (χ3n) is 7.98. The third-order valence-corrected chi connectivity index (χ3v) is 8.34. The van der Waals surface area contributed by atoms with Gasteiger partial charge in [0, 0.05) is 68.2 Å². The predicted molar refractivity (Wildman–Crippen MR) is 158 cm³/mol. The minimum atomic E-state index is -0.00705. The number of aromatic nitrogens is 2. The van der Waals surface area contributed by atoms with Gasteiger partial charge >= 0.3 is 0 Å². The van der Waals surface area contributed by atoms with Gasteiger partial charge in [0.25, 0.3) is 0 Å². The van der Waals surface area contributed by atoms with Crippen LogP contribution in [0.1, 0.15) is 48.6 Å². The van der Waals surface area contributed by atoms with E-state index in [1.54, 1.807) is 0 Å². The SMILES string of the molecule is CCN(CC)c1ccc(-n2c(C)cc(C3C(c4ccccn4)NC(=S)N3CCN3CCOCC3)c2C)cc1. The Morgan fingerprint density at radius 2 is 1.76 bits per heavy atom. The fourth-order valence-corrected chi connectivity index (χ4v) is 6.28. The zero-order valence-corrected chi connectivity index (χ0v) is 23.9. The highest BCUT2D eigenvalue weighted by atomic mass is 32.1. The maximum atomic E-state index is 5.93. The lowest BCUT2D eigenvalue weighted by Crippen LogP contribution is -2.42. The quantitative estimate of drug-likeness (QED) is 0.403. The normalized spacial score (nSPS) is 20.1. The summed E-state index contributed by atoms with van der Waals surface area (Å²) in [6, 6.07) is 17.5. The van der Waals surface area contributed by atoms with Gasteiger partial charge < -0.3 is 24.4 Å². The van der Waals surface area contributed by atoms with E-state index in [0.717, 1.165) is 63.3 Å². The number of ether oxygens (including phenoxy) is 1. The maximum Gasteiger partial charge on any atom is 0.170 e. The molecule has 3 aromatic rings. The van der Waals surface area contributed by atoms with Crippen molar-refractivity contribution < 1.29 is 4.74 Å². The van der Waals surface area contributed by atoms with E-state index in [1.165, 1.54) is 28.3 Å². The van der Waals surface area contributed by atoms with Gasteiger partial charge in [-0.1, -0.05) is 6.07 Å². The topological polar surface area (TPSA) is 48.8 Å². The van der Waals surface area contributed by atoms with Crippen molar-refractivity contribution in [2.24, 2.45) is 0 Å². The summed E-state index contributed by atoms with van der Waals surface area (Å²) >= 11 is 5.93. The summed E-state index contributed by atoms with van der Waals surface area (Å²) in [6.07, 6.45) is 1.87. The number of hydrogen-bond donors (Lipinski definition) is 1. The second kappa shape index (κ2) is 11.8. The molecule has 0 bridgehead atoms. The Morgan fingerprint density at radius 1 is 1.03 bits per heavy atom. The maximum absolute atomic E-state index is 5.93. The molecule has 202 valence electrons. The summed E-state index contributed by atoms with van der Waals surface area (Å²) in [5, 5.41) is 4.42. The number of hydrogen-bond acceptors (Lipinski definition) is 5. The molecule has 2 unspecified atom stereocenters. The molecule has 1 N–H and O–H groups in total. The minimum Gasteiger partial charge on any atom is -0.379 e. The average molecular weight is 533 g/mol. The van der Waals surface area contributed by atoms with Crippen LogP contribution in [0.3, 0.4) is 0 Å². The van der Waals surface area contributed by atoms with Crippen LogP contribution in [0.2, 0.25) is 0 Å². The highest BCUT2D eigenvalue weighted by Crippen LogP contribution is 2.41. The summed E-state index contributed by atoms with van der Waals surface area (Å²) in [5.74, 6) is 0. The summed E-state index contributed by atoms with van der Waals surface area (Å²) in [4.78, 5) is 11.9. The molecule has 5 rings (SSSR count). The van der Waals surface area contributed by atoms with E-state index in [9.17, 15) is 0 Å². The Balaban J connectivity index is 1.49. The van der Waals surface area contributed by atoms with E-state index < -0.39 is 0 Å². The average Bonchev–Trinajstić information content (AvgIpc) is 3.44. The fraction of sp³-hybridized carbons (Fsp3) is 0.467. The lowest BCUT2D eigenvalue weighted by Gasteiger charge is -2.32. The molecule has 2 saturated heterocycles. The van der Waals surface area contributed by atoms with Crippen LogP contribution in [0.15, 0.2) is 54.7 Å². The van der Waals surface area contributed by atoms with Crippen molar-refractivity contribution in [2.45, 2.75) is 39.8 Å². The first-order chi connectivity index (χ1) is 18.5. The minimum absolute atomic E-state index is 0.00705. The molecule has 4 heterocycles. The zero-order valence-electron chi connectivity index (χ0n) is 23.1. The molecule has 2 fully saturated rings. The lowest BCUT2D eigenvalue weighted by atomic mass is 9.96. The molecule has 0 amide bonds. The summed E-state index contributed by atoms with van der Waals surface area (Å²) in [6.45, 7) is 16.2. The molecule has 2 aliphatic rings. The number of nitrogens with one attached hydrogen (secondary N) is 1. The van der Waals surface area contributed by atoms with Crippen molar-refractivity contribution in [3.05, 3.63) is 77.4 Å². The Kier molecular flexibility index (Phi) is 8.31. The van der Waals surface area contributed by atoms with Gasteiger partial charge in [0.2, 0.25) is 0 Å². The van der Waals surface area contributed by atoms with Gasteiger partial charge in [-0.15, -0.1) is 0 Å². The smallest absolute Gasteiger partial charge is 0.170 e. The van der Waals surface area contributed by atoms with Gasteiger partial charge in [-0.05, 0) is 87.9 Å². The predicted octanol–water partition coefficient (Wildman–Crippen LogP) is 4.64. The number of anilines is 1. The molecule has 8 heteroatoms. The molecule has 0 spiro atoms. The van der Waals surface area contributed by atoms with E-state index in [-0.39, 0.29) is 12.1 Å². The van der Waals surface area contributed by atoms with Gasteiger partial charge in [-0.25, -0.2) is 0 Å². The number of nitrogens with zero attached hydrogens (tertiary/aromatic N) is 5. The van der Waals surface area contributed by atoms with E-state index in [0.29, 0.717) is 0 Å². The van der Waals surface area contributed by atoms with E-state index in [2.05, 4.69) is 94.7 Å². The molecule has 1 aromatic carbocycles. The number of rotatable bonds is 9. The number of benzene rings is 1. The van der Waals surface area contributed by atoms with Crippen LogP contribution in [0, 0.1) is 13.8 Å². The van der Waals surface area contributed by atoms with Gasteiger partial charge in [0.05, 0.1) is 31.0 Å². The van der Waals surface area contributed by atoms with Gasteiger partial charge in [-0.2, -0.15) is 0 Å². The van der Waals surface area contributed by atoms with Crippen LogP contribution < -0.4 is 10.2 Å². The Labute approximate surface area is 232 Å². The zero-order chi connectivity index (χ0) is 26.6. The second-order valence-electron chi connectivity index (χ2n) is 10.1. The molecular weight excluding hydrogens is 492 g/mol. The van der Waals surface area contributed by atoms with Crippen molar-refractivity contribution in [3.63, 3.8) is 0 Å². The number of thiocarbonyl (C=S) groups is 1. The standard InChI is InChI=1S/C30H40N6OS/c1-5-34(6-2)24-10-12-25(13-11-24)36-22(3)21-26(23(36)4)29-28(27-9-7-8-14-31-27)32-30(38)35(29)16-15-33-17-19-37-20-18-33/h7-14,21,28-29H,5-6,15-20H2,1-4H3,(H,32,38). The molecular formula is C30H40N6OS. The first-order valence-electron chi connectivity index (χ1n) is 13.8. The Bertz CT molecular complexity index is 1220. The van der Waals surface area contributed by atoms with Crippen LogP contribution in [0.4, 0.5) is 5.69 Å². The molecule has 0 aliphatic carbocycles. The largest absolute Gasteiger partial charge is 0.379 e. The Hall–Kier alpha value is -2.94. The van der Waals surface area contributed by atoms with E-state index in [1.807, 2.05) is 12.3 Å². The van der Waals surface area contributed by atoms with Gasteiger partial charge in [0.15, 0.2) is 5.11 Å². The van der Waals surface area contributed by atoms with Crippen LogP contribution in [-0.2, 0) is 4.74 Å². The molecule has 2 aliphatic heterocycles.